The SMILES string of the molecule is COc1ccc(C2C(C(=O)Nc3cccc(C(=O)NC(N)=O)c3)CCC(=O)N2C)cc1. The van der Waals surface area contributed by atoms with Gasteiger partial charge in [-0.1, -0.05) is 18.2 Å². The zero-order chi connectivity index (χ0) is 22.5. The van der Waals surface area contributed by atoms with E-state index in [0.717, 1.165) is 5.56 Å². The van der Waals surface area contributed by atoms with Crippen LogP contribution in [0.2, 0.25) is 0 Å². The number of carbonyl (C=O) groups is 4. The van der Waals surface area contributed by atoms with E-state index < -0.39 is 23.9 Å². The van der Waals surface area contributed by atoms with Gasteiger partial charge in [-0.3, -0.25) is 19.7 Å². The van der Waals surface area contributed by atoms with Crippen molar-refractivity contribution in [3.05, 3.63) is 59.7 Å². The van der Waals surface area contributed by atoms with E-state index in [9.17, 15) is 19.2 Å². The predicted molar refractivity (Wildman–Crippen MR) is 113 cm³/mol. The van der Waals surface area contributed by atoms with E-state index in [1.54, 1.807) is 43.3 Å². The number of methoxy groups -OCH3 is 1. The molecule has 0 spiro atoms. The highest BCUT2D eigenvalue weighted by atomic mass is 16.5. The van der Waals surface area contributed by atoms with Crippen molar-refractivity contribution in [3.63, 3.8) is 0 Å². The van der Waals surface area contributed by atoms with Gasteiger partial charge in [0, 0.05) is 24.7 Å². The molecule has 0 bridgehead atoms. The van der Waals surface area contributed by atoms with Gasteiger partial charge < -0.3 is 20.7 Å². The second kappa shape index (κ2) is 9.29. The van der Waals surface area contributed by atoms with Gasteiger partial charge in [0.25, 0.3) is 5.91 Å². The number of nitrogens with zero attached hydrogens (tertiary/aromatic N) is 1. The topological polar surface area (TPSA) is 131 Å². The molecule has 0 aromatic heterocycles. The molecule has 1 heterocycles. The summed E-state index contributed by atoms with van der Waals surface area (Å²) in [5.74, 6) is -0.773. The number of ether oxygens (including phenoxy) is 1. The van der Waals surface area contributed by atoms with Crippen molar-refractivity contribution in [2.45, 2.75) is 18.9 Å². The van der Waals surface area contributed by atoms with E-state index in [4.69, 9.17) is 10.5 Å². The molecule has 2 atom stereocenters. The number of rotatable bonds is 5. The van der Waals surface area contributed by atoms with Crippen LogP contribution >= 0.6 is 0 Å². The van der Waals surface area contributed by atoms with E-state index in [1.807, 2.05) is 17.4 Å². The number of urea groups is 1. The third-order valence-corrected chi connectivity index (χ3v) is 5.28. The molecule has 5 amide bonds. The lowest BCUT2D eigenvalue weighted by Gasteiger charge is -2.38. The second-order valence-electron chi connectivity index (χ2n) is 7.26. The van der Waals surface area contributed by atoms with Gasteiger partial charge in [-0.2, -0.15) is 0 Å². The number of piperidine rings is 1. The number of carbonyl (C=O) groups excluding carboxylic acids is 4. The standard InChI is InChI=1S/C22H24N4O5/c1-26-18(27)11-10-17(19(26)13-6-8-16(31-2)9-7-13)21(29)24-15-5-3-4-14(12-15)20(28)25-22(23)30/h3-9,12,17,19H,10-11H2,1-2H3,(H,24,29)(H3,23,25,28,30). The van der Waals surface area contributed by atoms with Crippen LogP contribution in [0.3, 0.4) is 0 Å². The number of hydrogen-bond donors (Lipinski definition) is 3. The van der Waals surface area contributed by atoms with Gasteiger partial charge in [0.15, 0.2) is 0 Å². The molecule has 1 saturated heterocycles. The zero-order valence-electron chi connectivity index (χ0n) is 17.3. The molecule has 9 nitrogen and oxygen atoms in total. The molecule has 1 aliphatic heterocycles. The van der Waals surface area contributed by atoms with Crippen molar-refractivity contribution in [2.75, 3.05) is 19.5 Å². The third-order valence-electron chi connectivity index (χ3n) is 5.28. The fourth-order valence-corrected chi connectivity index (χ4v) is 3.73. The minimum Gasteiger partial charge on any atom is -0.497 e. The van der Waals surface area contributed by atoms with Crippen molar-refractivity contribution >= 4 is 29.4 Å². The predicted octanol–water partition coefficient (Wildman–Crippen LogP) is 2.05. The number of likely N-dealkylation sites (tertiary alicyclic amines) is 1. The molecule has 9 heteroatoms. The Morgan fingerprint density at radius 2 is 1.84 bits per heavy atom. The number of nitrogens with one attached hydrogen (secondary N) is 2. The lowest BCUT2D eigenvalue weighted by atomic mass is 9.84. The molecule has 31 heavy (non-hydrogen) atoms. The van der Waals surface area contributed by atoms with Crippen molar-refractivity contribution in [3.8, 4) is 5.75 Å². The summed E-state index contributed by atoms with van der Waals surface area (Å²) >= 11 is 0. The highest BCUT2D eigenvalue weighted by Crippen LogP contribution is 2.37. The third kappa shape index (κ3) is 5.00. The molecule has 0 aliphatic carbocycles. The minimum atomic E-state index is -0.961. The smallest absolute Gasteiger partial charge is 0.319 e. The Morgan fingerprint density at radius 1 is 1.13 bits per heavy atom. The average molecular weight is 424 g/mol. The Labute approximate surface area is 179 Å². The molecule has 2 aromatic carbocycles. The van der Waals surface area contributed by atoms with E-state index in [2.05, 4.69) is 5.32 Å². The first-order valence-electron chi connectivity index (χ1n) is 9.71. The van der Waals surface area contributed by atoms with Crippen molar-refractivity contribution in [1.82, 2.24) is 10.2 Å². The summed E-state index contributed by atoms with van der Waals surface area (Å²) in [5, 5.41) is 4.80. The van der Waals surface area contributed by atoms with Gasteiger partial charge in [0.2, 0.25) is 11.8 Å². The summed E-state index contributed by atoms with van der Waals surface area (Å²) in [6.07, 6.45) is 0.663. The van der Waals surface area contributed by atoms with Gasteiger partial charge in [-0.15, -0.1) is 0 Å². The van der Waals surface area contributed by atoms with Crippen molar-refractivity contribution < 1.29 is 23.9 Å². The van der Waals surface area contributed by atoms with Crippen molar-refractivity contribution in [1.29, 1.82) is 0 Å². The molecule has 4 N–H and O–H groups in total. The maximum atomic E-state index is 13.1. The molecular formula is C22H24N4O5. The summed E-state index contributed by atoms with van der Waals surface area (Å²) < 4.78 is 5.19. The van der Waals surface area contributed by atoms with Gasteiger partial charge >= 0.3 is 6.03 Å². The molecule has 2 unspecified atom stereocenters. The Hall–Kier alpha value is -3.88. The van der Waals surface area contributed by atoms with E-state index >= 15 is 0 Å². The van der Waals surface area contributed by atoms with Crippen LogP contribution in [-0.2, 0) is 9.59 Å². The van der Waals surface area contributed by atoms with Gasteiger partial charge in [-0.05, 0) is 42.3 Å². The summed E-state index contributed by atoms with van der Waals surface area (Å²) in [4.78, 5) is 49.9. The lowest BCUT2D eigenvalue weighted by molar-refractivity contribution is -0.140. The maximum Gasteiger partial charge on any atom is 0.319 e. The molecule has 0 saturated carbocycles. The largest absolute Gasteiger partial charge is 0.497 e. The van der Waals surface area contributed by atoms with Gasteiger partial charge in [-0.25, -0.2) is 4.79 Å². The molecule has 162 valence electrons. The van der Waals surface area contributed by atoms with Crippen LogP contribution < -0.4 is 21.1 Å². The molecule has 1 aliphatic rings. The number of primary amides is 1. The monoisotopic (exact) mass is 424 g/mol. The number of anilines is 1. The molecular weight excluding hydrogens is 400 g/mol. The number of hydrogen-bond acceptors (Lipinski definition) is 5. The highest BCUT2D eigenvalue weighted by Gasteiger charge is 2.38. The number of nitrogens with two attached hydrogens (primary N) is 1. The fourth-order valence-electron chi connectivity index (χ4n) is 3.73. The van der Waals surface area contributed by atoms with Crippen LogP contribution in [0.4, 0.5) is 10.5 Å². The van der Waals surface area contributed by atoms with E-state index in [-0.39, 0.29) is 23.8 Å². The number of amides is 5. The summed E-state index contributed by atoms with van der Waals surface area (Å²) in [5.41, 5.74) is 6.38. The second-order valence-corrected chi connectivity index (χ2v) is 7.26. The van der Waals surface area contributed by atoms with E-state index in [0.29, 0.717) is 17.9 Å². The first-order valence-corrected chi connectivity index (χ1v) is 9.71. The fraction of sp³-hybridized carbons (Fsp3) is 0.273. The molecule has 3 rings (SSSR count). The van der Waals surface area contributed by atoms with Crippen molar-refractivity contribution in [2.24, 2.45) is 11.7 Å². The zero-order valence-corrected chi connectivity index (χ0v) is 17.3. The van der Waals surface area contributed by atoms with Crippen LogP contribution in [-0.4, -0.2) is 42.8 Å². The maximum absolute atomic E-state index is 13.1. The van der Waals surface area contributed by atoms with E-state index in [1.165, 1.54) is 12.1 Å². The highest BCUT2D eigenvalue weighted by molar-refractivity contribution is 6.05. The quantitative estimate of drug-likeness (QED) is 0.676. The van der Waals surface area contributed by atoms with Crippen LogP contribution in [0, 0.1) is 5.92 Å². The molecule has 2 aromatic rings. The van der Waals surface area contributed by atoms with Crippen LogP contribution in [0.15, 0.2) is 48.5 Å². The lowest BCUT2D eigenvalue weighted by Crippen LogP contribution is -2.44. The summed E-state index contributed by atoms with van der Waals surface area (Å²) in [6.45, 7) is 0. The van der Waals surface area contributed by atoms with Crippen LogP contribution in [0.1, 0.15) is 34.8 Å². The normalized spacial score (nSPS) is 18.3. The van der Waals surface area contributed by atoms with Crippen LogP contribution in [0.25, 0.3) is 0 Å². The number of benzene rings is 2. The Balaban J connectivity index is 1.82. The Bertz CT molecular complexity index is 1010. The Morgan fingerprint density at radius 3 is 2.48 bits per heavy atom. The molecule has 0 radical (unpaired) electrons. The first kappa shape index (κ1) is 21.8. The Kier molecular flexibility index (Phi) is 6.54. The van der Waals surface area contributed by atoms with Gasteiger partial charge in [0.05, 0.1) is 19.1 Å². The summed E-state index contributed by atoms with van der Waals surface area (Å²) in [7, 11) is 3.25. The molecule has 1 fully saturated rings. The minimum absolute atomic E-state index is 0.0324. The first-order chi connectivity index (χ1) is 14.8. The van der Waals surface area contributed by atoms with Gasteiger partial charge in [0.1, 0.15) is 5.75 Å². The average Bonchev–Trinajstić information content (AvgIpc) is 2.75. The van der Waals surface area contributed by atoms with Crippen LogP contribution in [0.5, 0.6) is 5.75 Å². The number of imide groups is 1. The summed E-state index contributed by atoms with van der Waals surface area (Å²) in [6, 6.07) is 12.0.